The standard InChI is InChI=1S/C18H24N2O3S/c1-4-5-6-9-20-15(10(2)3)19-16-14(17(20)21)13-11(18(22)23)7-8-12(13)24-16/h10-11H,4-9H2,1-3H3,(H,22,23). The van der Waals surface area contributed by atoms with Crippen molar-refractivity contribution < 1.29 is 9.90 Å². The van der Waals surface area contributed by atoms with E-state index in [0.717, 1.165) is 41.9 Å². The number of unbranched alkanes of at least 4 members (excludes halogenated alkanes) is 2. The Balaban J connectivity index is 2.20. The van der Waals surface area contributed by atoms with Crippen molar-refractivity contribution in [3.05, 3.63) is 26.6 Å². The number of aromatic nitrogens is 2. The van der Waals surface area contributed by atoms with Gasteiger partial charge in [-0.15, -0.1) is 11.3 Å². The summed E-state index contributed by atoms with van der Waals surface area (Å²) in [5, 5.41) is 10.0. The number of rotatable bonds is 6. The van der Waals surface area contributed by atoms with Gasteiger partial charge >= 0.3 is 5.97 Å². The van der Waals surface area contributed by atoms with E-state index >= 15 is 0 Å². The monoisotopic (exact) mass is 348 g/mol. The lowest BCUT2D eigenvalue weighted by Crippen LogP contribution is -2.27. The second-order valence-corrected chi connectivity index (χ2v) is 7.92. The van der Waals surface area contributed by atoms with E-state index in [1.807, 2.05) is 13.8 Å². The number of thiophene rings is 1. The molecule has 5 nitrogen and oxygen atoms in total. The van der Waals surface area contributed by atoms with Crippen molar-refractivity contribution in [1.29, 1.82) is 0 Å². The number of nitrogens with zero attached hydrogens (tertiary/aromatic N) is 2. The van der Waals surface area contributed by atoms with Crippen molar-refractivity contribution in [3.63, 3.8) is 0 Å². The Bertz CT molecular complexity index is 835. The molecule has 130 valence electrons. The molecule has 0 aromatic carbocycles. The van der Waals surface area contributed by atoms with Crippen LogP contribution in [0.25, 0.3) is 10.2 Å². The first-order valence-electron chi connectivity index (χ1n) is 8.74. The van der Waals surface area contributed by atoms with Crippen LogP contribution in [-0.2, 0) is 17.8 Å². The lowest BCUT2D eigenvalue weighted by atomic mass is 10.0. The molecule has 1 aliphatic carbocycles. The van der Waals surface area contributed by atoms with Gasteiger partial charge in [-0.2, -0.15) is 0 Å². The summed E-state index contributed by atoms with van der Waals surface area (Å²) in [4.78, 5) is 31.2. The quantitative estimate of drug-likeness (QED) is 0.804. The highest BCUT2D eigenvalue weighted by atomic mass is 32.1. The zero-order valence-electron chi connectivity index (χ0n) is 14.5. The fourth-order valence-electron chi connectivity index (χ4n) is 3.56. The molecule has 0 spiro atoms. The first-order chi connectivity index (χ1) is 11.5. The van der Waals surface area contributed by atoms with Crippen LogP contribution in [-0.4, -0.2) is 20.6 Å². The number of carboxylic acid groups (broad SMARTS) is 1. The highest BCUT2D eigenvalue weighted by Gasteiger charge is 2.34. The number of carbonyl (C=O) groups is 1. The van der Waals surface area contributed by atoms with Crippen molar-refractivity contribution in [1.82, 2.24) is 9.55 Å². The maximum absolute atomic E-state index is 13.2. The first kappa shape index (κ1) is 17.1. The summed E-state index contributed by atoms with van der Waals surface area (Å²) in [5.41, 5.74) is 0.685. The summed E-state index contributed by atoms with van der Waals surface area (Å²) in [6.45, 7) is 6.89. The average molecular weight is 348 g/mol. The molecule has 1 unspecified atom stereocenters. The third-order valence-electron chi connectivity index (χ3n) is 4.76. The number of hydrogen-bond acceptors (Lipinski definition) is 4. The largest absolute Gasteiger partial charge is 0.481 e. The van der Waals surface area contributed by atoms with Gasteiger partial charge in [-0.1, -0.05) is 33.6 Å². The maximum atomic E-state index is 13.2. The van der Waals surface area contributed by atoms with Crippen LogP contribution in [0.1, 0.15) is 74.6 Å². The molecule has 2 heterocycles. The predicted octanol–water partition coefficient (Wildman–Crippen LogP) is 3.89. The van der Waals surface area contributed by atoms with E-state index < -0.39 is 11.9 Å². The summed E-state index contributed by atoms with van der Waals surface area (Å²) < 4.78 is 1.78. The lowest BCUT2D eigenvalue weighted by molar-refractivity contribution is -0.138. The Morgan fingerprint density at radius 3 is 2.79 bits per heavy atom. The highest BCUT2D eigenvalue weighted by molar-refractivity contribution is 7.18. The van der Waals surface area contributed by atoms with Gasteiger partial charge in [0.2, 0.25) is 0 Å². The Morgan fingerprint density at radius 1 is 1.42 bits per heavy atom. The molecule has 6 heteroatoms. The van der Waals surface area contributed by atoms with Gasteiger partial charge in [0.05, 0.1) is 11.3 Å². The van der Waals surface area contributed by atoms with Gasteiger partial charge < -0.3 is 5.11 Å². The molecule has 1 atom stereocenters. The molecule has 1 aliphatic rings. The number of carboxylic acids is 1. The van der Waals surface area contributed by atoms with Crippen LogP contribution in [0, 0.1) is 0 Å². The number of aryl methyl sites for hydroxylation is 1. The minimum atomic E-state index is -0.835. The lowest BCUT2D eigenvalue weighted by Gasteiger charge is -2.15. The van der Waals surface area contributed by atoms with Crippen molar-refractivity contribution in [2.75, 3.05) is 0 Å². The molecule has 2 aromatic heterocycles. The van der Waals surface area contributed by atoms with Crippen LogP contribution < -0.4 is 5.56 Å². The normalized spacial score (nSPS) is 16.9. The molecule has 24 heavy (non-hydrogen) atoms. The molecular weight excluding hydrogens is 324 g/mol. The summed E-state index contributed by atoms with van der Waals surface area (Å²) >= 11 is 1.50. The zero-order valence-corrected chi connectivity index (χ0v) is 15.3. The van der Waals surface area contributed by atoms with E-state index in [0.29, 0.717) is 23.2 Å². The Morgan fingerprint density at radius 2 is 2.17 bits per heavy atom. The van der Waals surface area contributed by atoms with Gasteiger partial charge in [0.15, 0.2) is 0 Å². The summed E-state index contributed by atoms with van der Waals surface area (Å²) in [6, 6.07) is 0. The minimum absolute atomic E-state index is 0.0505. The molecule has 0 amide bonds. The second kappa shape index (κ2) is 6.67. The Labute approximate surface area is 145 Å². The highest BCUT2D eigenvalue weighted by Crippen LogP contribution is 2.42. The fourth-order valence-corrected chi connectivity index (χ4v) is 4.81. The van der Waals surface area contributed by atoms with E-state index in [4.69, 9.17) is 4.98 Å². The third-order valence-corrected chi connectivity index (χ3v) is 5.92. The fraction of sp³-hybridized carbons (Fsp3) is 0.611. The van der Waals surface area contributed by atoms with E-state index in [1.165, 1.54) is 11.3 Å². The Hall–Kier alpha value is -1.69. The molecule has 0 bridgehead atoms. The van der Waals surface area contributed by atoms with E-state index in [2.05, 4.69) is 6.92 Å². The van der Waals surface area contributed by atoms with Crippen molar-refractivity contribution in [3.8, 4) is 0 Å². The van der Waals surface area contributed by atoms with Crippen LogP contribution in [0.5, 0.6) is 0 Å². The smallest absolute Gasteiger partial charge is 0.311 e. The first-order valence-corrected chi connectivity index (χ1v) is 9.56. The molecule has 0 saturated carbocycles. The van der Waals surface area contributed by atoms with Gasteiger partial charge in [0.25, 0.3) is 5.56 Å². The van der Waals surface area contributed by atoms with Crippen LogP contribution in [0.2, 0.25) is 0 Å². The predicted molar refractivity (Wildman–Crippen MR) is 96.2 cm³/mol. The number of hydrogen-bond donors (Lipinski definition) is 1. The molecule has 0 aliphatic heterocycles. The molecule has 2 aromatic rings. The average Bonchev–Trinajstić information content (AvgIpc) is 3.07. The van der Waals surface area contributed by atoms with Crippen molar-refractivity contribution >= 4 is 27.5 Å². The van der Waals surface area contributed by atoms with E-state index in [9.17, 15) is 14.7 Å². The van der Waals surface area contributed by atoms with E-state index in [1.54, 1.807) is 4.57 Å². The summed E-state index contributed by atoms with van der Waals surface area (Å²) in [7, 11) is 0. The van der Waals surface area contributed by atoms with E-state index in [-0.39, 0.29) is 11.5 Å². The summed E-state index contributed by atoms with van der Waals surface area (Å²) in [6.07, 6.45) is 4.43. The van der Waals surface area contributed by atoms with Gasteiger partial charge in [0, 0.05) is 17.3 Å². The van der Waals surface area contributed by atoms with Gasteiger partial charge in [-0.05, 0) is 24.8 Å². The van der Waals surface area contributed by atoms with Gasteiger partial charge in [-0.25, -0.2) is 4.98 Å². The maximum Gasteiger partial charge on any atom is 0.311 e. The molecule has 3 rings (SSSR count). The molecule has 0 radical (unpaired) electrons. The van der Waals surface area contributed by atoms with Crippen LogP contribution in [0.4, 0.5) is 0 Å². The van der Waals surface area contributed by atoms with Gasteiger partial charge in [-0.3, -0.25) is 14.2 Å². The van der Waals surface area contributed by atoms with Crippen LogP contribution >= 0.6 is 11.3 Å². The topological polar surface area (TPSA) is 72.2 Å². The molecule has 1 N–H and O–H groups in total. The molecular formula is C18H24N2O3S. The zero-order chi connectivity index (χ0) is 17.4. The Kier molecular flexibility index (Phi) is 4.76. The van der Waals surface area contributed by atoms with Crippen LogP contribution in [0.15, 0.2) is 4.79 Å². The van der Waals surface area contributed by atoms with Crippen LogP contribution in [0.3, 0.4) is 0 Å². The number of aliphatic carboxylic acids is 1. The molecule has 0 saturated heterocycles. The van der Waals surface area contributed by atoms with Gasteiger partial charge in [0.1, 0.15) is 10.7 Å². The second-order valence-electron chi connectivity index (χ2n) is 6.84. The third kappa shape index (κ3) is 2.77. The number of fused-ring (bicyclic) bond motifs is 3. The SMILES string of the molecule is CCCCCn1c(C(C)C)nc2sc3c(c2c1=O)C(C(=O)O)CC3. The molecule has 0 fully saturated rings. The summed E-state index contributed by atoms with van der Waals surface area (Å²) in [5.74, 6) is -0.415. The minimum Gasteiger partial charge on any atom is -0.481 e. The van der Waals surface area contributed by atoms with Crippen molar-refractivity contribution in [2.45, 2.75) is 71.3 Å². The van der Waals surface area contributed by atoms with Crippen molar-refractivity contribution in [2.24, 2.45) is 0 Å².